The first kappa shape index (κ1) is 32.7. The van der Waals surface area contributed by atoms with Crippen LogP contribution in [-0.4, -0.2) is 11.4 Å². The Morgan fingerprint density at radius 3 is 2.26 bits per heavy atom. The van der Waals surface area contributed by atoms with Gasteiger partial charge in [-0.2, -0.15) is 13.8 Å². The van der Waals surface area contributed by atoms with Gasteiger partial charge in [0.1, 0.15) is 22.8 Å². The second kappa shape index (κ2) is 14.6. The highest BCUT2D eigenvalue weighted by atomic mass is 32.1. The van der Waals surface area contributed by atoms with Gasteiger partial charge < -0.3 is 4.74 Å². The van der Waals surface area contributed by atoms with Gasteiger partial charge in [-0.05, 0) is 115 Å². The Morgan fingerprint density at radius 1 is 0.891 bits per heavy atom. The summed E-state index contributed by atoms with van der Waals surface area (Å²) in [7, 11) is 0. The lowest BCUT2D eigenvalue weighted by atomic mass is 9.80. The van der Waals surface area contributed by atoms with Crippen LogP contribution in [0.2, 0.25) is 0 Å². The second-order valence-corrected chi connectivity index (χ2v) is 11.3. The van der Waals surface area contributed by atoms with Crippen molar-refractivity contribution >= 4 is 35.0 Å². The van der Waals surface area contributed by atoms with Crippen LogP contribution in [0.15, 0.2) is 82.8 Å². The third kappa shape index (κ3) is 8.14. The minimum Gasteiger partial charge on any atom is -0.429 e. The zero-order valence-corrected chi connectivity index (χ0v) is 25.7. The fourth-order valence-electron chi connectivity index (χ4n) is 5.36. The normalized spacial score (nSPS) is 14.3. The predicted molar refractivity (Wildman–Crippen MR) is 173 cm³/mol. The molecule has 0 aromatic heterocycles. The first-order valence-corrected chi connectivity index (χ1v) is 15.3. The fraction of sp³-hybridized carbons (Fsp3) is 0.243. The summed E-state index contributed by atoms with van der Waals surface area (Å²) >= 11 is 4.40. The maximum atomic E-state index is 15.1. The number of thiocarbonyl (C=S) groups is 1. The number of ether oxygens (including phenoxy) is 1. The third-order valence-electron chi connectivity index (χ3n) is 7.78. The SMILES string of the molecule is CCCCC1CCc2cc(C(F)(F)Oc3ccc(/N=C/c4ccc(C#Cc5cc(F)c(N=C=S)c(F)c5)cc4)cc3)c(F)cc2C1. The van der Waals surface area contributed by atoms with Crippen molar-refractivity contribution in [2.24, 2.45) is 15.9 Å². The maximum Gasteiger partial charge on any atom is 0.429 e. The summed E-state index contributed by atoms with van der Waals surface area (Å²) in [5.74, 6) is 3.14. The monoisotopic (exact) mass is 644 g/mol. The van der Waals surface area contributed by atoms with Crippen LogP contribution in [0.4, 0.5) is 33.3 Å². The molecular formula is C37H29F5N2OS. The van der Waals surface area contributed by atoms with Gasteiger partial charge in [-0.25, -0.2) is 13.2 Å². The molecule has 0 saturated carbocycles. The van der Waals surface area contributed by atoms with Crippen molar-refractivity contribution < 1.29 is 26.7 Å². The molecule has 5 rings (SSSR count). The van der Waals surface area contributed by atoms with Crippen molar-refractivity contribution in [3.8, 4) is 17.6 Å². The minimum absolute atomic E-state index is 0.121. The predicted octanol–water partition coefficient (Wildman–Crippen LogP) is 10.4. The van der Waals surface area contributed by atoms with Crippen LogP contribution in [0.25, 0.3) is 0 Å². The zero-order chi connectivity index (χ0) is 32.7. The summed E-state index contributed by atoms with van der Waals surface area (Å²) < 4.78 is 78.1. The van der Waals surface area contributed by atoms with Crippen molar-refractivity contribution in [3.05, 3.63) is 124 Å². The molecule has 0 aliphatic heterocycles. The van der Waals surface area contributed by atoms with Gasteiger partial charge >= 0.3 is 6.11 Å². The van der Waals surface area contributed by atoms with Gasteiger partial charge in [0, 0.05) is 17.3 Å². The maximum absolute atomic E-state index is 15.1. The molecule has 0 saturated heterocycles. The van der Waals surface area contributed by atoms with Gasteiger partial charge in [0.15, 0.2) is 11.6 Å². The lowest BCUT2D eigenvalue weighted by Gasteiger charge is -2.27. The summed E-state index contributed by atoms with van der Waals surface area (Å²) in [4.78, 5) is 7.73. The molecule has 4 aromatic carbocycles. The Morgan fingerprint density at radius 2 is 1.59 bits per heavy atom. The quantitative estimate of drug-likeness (QED) is 0.0787. The van der Waals surface area contributed by atoms with Gasteiger partial charge in [-0.3, -0.25) is 4.99 Å². The van der Waals surface area contributed by atoms with Gasteiger partial charge in [-0.15, -0.1) is 0 Å². The molecule has 9 heteroatoms. The van der Waals surface area contributed by atoms with Crippen molar-refractivity contribution in [2.75, 3.05) is 0 Å². The number of hydrogen-bond acceptors (Lipinski definition) is 4. The average molecular weight is 645 g/mol. The van der Waals surface area contributed by atoms with Crippen LogP contribution in [0, 0.1) is 35.2 Å². The molecular weight excluding hydrogens is 615 g/mol. The number of nitrogens with zero attached hydrogens (tertiary/aromatic N) is 2. The lowest BCUT2D eigenvalue weighted by molar-refractivity contribution is -0.187. The van der Waals surface area contributed by atoms with E-state index in [0.29, 0.717) is 30.0 Å². The van der Waals surface area contributed by atoms with Crippen molar-refractivity contribution in [1.29, 1.82) is 0 Å². The van der Waals surface area contributed by atoms with Crippen LogP contribution >= 0.6 is 12.2 Å². The Hall–Kier alpha value is -4.64. The van der Waals surface area contributed by atoms with Gasteiger partial charge in [0.05, 0.1) is 10.8 Å². The molecule has 0 N–H and O–H groups in total. The highest BCUT2D eigenvalue weighted by Gasteiger charge is 2.39. The van der Waals surface area contributed by atoms with Crippen LogP contribution < -0.4 is 4.74 Å². The molecule has 1 unspecified atom stereocenters. The number of isothiocyanates is 1. The molecule has 0 spiro atoms. The second-order valence-electron chi connectivity index (χ2n) is 11.1. The number of halogens is 5. The third-order valence-corrected chi connectivity index (χ3v) is 7.87. The van der Waals surface area contributed by atoms with E-state index in [0.717, 1.165) is 54.5 Å². The summed E-state index contributed by atoms with van der Waals surface area (Å²) in [5, 5.41) is 1.94. The van der Waals surface area contributed by atoms with E-state index < -0.39 is 34.8 Å². The Kier molecular flexibility index (Phi) is 10.4. The number of aryl methyl sites for hydroxylation is 1. The molecule has 1 aliphatic carbocycles. The number of alkyl halides is 2. The van der Waals surface area contributed by atoms with E-state index in [1.54, 1.807) is 30.5 Å². The average Bonchev–Trinajstić information content (AvgIpc) is 3.04. The van der Waals surface area contributed by atoms with Gasteiger partial charge in [0.25, 0.3) is 0 Å². The molecule has 0 bridgehead atoms. The topological polar surface area (TPSA) is 34.0 Å². The number of unbranched alkanes of at least 4 members (excludes halogenated alkanes) is 1. The smallest absolute Gasteiger partial charge is 0.429 e. The molecule has 0 amide bonds. The van der Waals surface area contributed by atoms with E-state index in [2.05, 4.69) is 41.0 Å². The highest BCUT2D eigenvalue weighted by Crippen LogP contribution is 2.38. The molecule has 4 aromatic rings. The number of hydrogen-bond donors (Lipinski definition) is 0. The van der Waals surface area contributed by atoms with E-state index in [9.17, 15) is 13.2 Å². The molecule has 3 nitrogen and oxygen atoms in total. The van der Waals surface area contributed by atoms with Gasteiger partial charge in [-0.1, -0.05) is 50.2 Å². The Bertz CT molecular complexity index is 1830. The number of benzene rings is 4. The number of fused-ring (bicyclic) bond motifs is 1. The van der Waals surface area contributed by atoms with E-state index >= 15 is 8.78 Å². The fourth-order valence-corrected chi connectivity index (χ4v) is 5.45. The first-order valence-electron chi connectivity index (χ1n) is 14.9. The van der Waals surface area contributed by atoms with E-state index in [-0.39, 0.29) is 11.3 Å². The molecule has 1 aliphatic rings. The number of rotatable bonds is 9. The first-order chi connectivity index (χ1) is 22.1. The van der Waals surface area contributed by atoms with Crippen molar-refractivity contribution in [1.82, 2.24) is 0 Å². The largest absolute Gasteiger partial charge is 0.429 e. The van der Waals surface area contributed by atoms with Crippen LogP contribution in [0.5, 0.6) is 5.75 Å². The molecule has 1 atom stereocenters. The standard InChI is InChI=1S/C37H29F5N2OS/c1-2-3-4-25-11-12-28-20-32(33(38)21-29(28)17-25)37(41,42)45-31-15-13-30(14-16-31)43-22-26-8-5-24(6-9-26)7-10-27-18-34(39)36(44-23-46)35(40)19-27/h5-6,8-9,13-16,18-22,25H,2-4,11-12,17H2,1H3/b43-22+. The van der Waals surface area contributed by atoms with Crippen molar-refractivity contribution in [3.63, 3.8) is 0 Å². The summed E-state index contributed by atoms with van der Waals surface area (Å²) in [5.41, 5.74) is 2.25. The summed E-state index contributed by atoms with van der Waals surface area (Å²) in [6, 6.07) is 17.3. The van der Waals surface area contributed by atoms with Crippen molar-refractivity contribution in [2.45, 2.75) is 51.6 Å². The highest BCUT2D eigenvalue weighted by molar-refractivity contribution is 7.78. The summed E-state index contributed by atoms with van der Waals surface area (Å²) in [6.07, 6.45) is 3.28. The van der Waals surface area contributed by atoms with Crippen LogP contribution in [0.1, 0.15) is 66.0 Å². The Labute approximate surface area is 269 Å². The molecule has 0 radical (unpaired) electrons. The zero-order valence-electron chi connectivity index (χ0n) is 24.9. The number of aliphatic imine (C=N–C) groups is 2. The van der Waals surface area contributed by atoms with Gasteiger partial charge in [0.2, 0.25) is 0 Å². The van der Waals surface area contributed by atoms with Crippen LogP contribution in [-0.2, 0) is 19.0 Å². The minimum atomic E-state index is -3.85. The van der Waals surface area contributed by atoms with E-state index in [1.165, 1.54) is 36.4 Å². The summed E-state index contributed by atoms with van der Waals surface area (Å²) in [6.45, 7) is 2.13. The molecule has 234 valence electrons. The molecule has 0 heterocycles. The van der Waals surface area contributed by atoms with E-state index in [4.69, 9.17) is 4.74 Å². The van der Waals surface area contributed by atoms with E-state index in [1.807, 2.05) is 5.16 Å². The Balaban J connectivity index is 1.20. The lowest BCUT2D eigenvalue weighted by Crippen LogP contribution is -2.25. The van der Waals surface area contributed by atoms with Crippen LogP contribution in [0.3, 0.4) is 0 Å². The molecule has 46 heavy (non-hydrogen) atoms. The molecule has 0 fully saturated rings.